The molecule has 0 saturated carbocycles. The van der Waals surface area contributed by atoms with Gasteiger partial charge in [-0.05, 0) is 49.7 Å². The number of rotatable bonds is 2. The number of thiophene rings is 1. The first-order chi connectivity index (χ1) is 8.70. The summed E-state index contributed by atoms with van der Waals surface area (Å²) in [4.78, 5) is 3.81. The molecule has 2 N–H and O–H groups in total. The van der Waals surface area contributed by atoms with Crippen LogP contribution in [0.15, 0.2) is 12.1 Å². The van der Waals surface area contributed by atoms with Crippen molar-refractivity contribution in [2.75, 3.05) is 20.1 Å². The van der Waals surface area contributed by atoms with Crippen molar-refractivity contribution >= 4 is 33.0 Å². The van der Waals surface area contributed by atoms with Crippen molar-refractivity contribution in [2.24, 2.45) is 5.73 Å². The van der Waals surface area contributed by atoms with Gasteiger partial charge in [-0.25, -0.2) is 0 Å². The zero-order valence-corrected chi connectivity index (χ0v) is 12.1. The quantitative estimate of drug-likeness (QED) is 0.916. The summed E-state index contributed by atoms with van der Waals surface area (Å²) in [7, 11) is 2.18. The number of nitrogens with two attached hydrogens (primary N) is 1. The van der Waals surface area contributed by atoms with E-state index in [2.05, 4.69) is 18.0 Å². The van der Waals surface area contributed by atoms with Crippen LogP contribution in [0.5, 0.6) is 0 Å². The first-order valence-electron chi connectivity index (χ1n) is 6.31. The molecule has 4 heteroatoms. The minimum absolute atomic E-state index is 0.715. The van der Waals surface area contributed by atoms with Crippen molar-refractivity contribution in [2.45, 2.75) is 19.4 Å². The van der Waals surface area contributed by atoms with E-state index in [1.165, 1.54) is 26.1 Å². The molecular formula is C14H17ClN2S. The summed E-state index contributed by atoms with van der Waals surface area (Å²) in [5, 5.41) is 2.32. The lowest BCUT2D eigenvalue weighted by Crippen LogP contribution is -2.19. The maximum absolute atomic E-state index is 6.38. The van der Waals surface area contributed by atoms with Gasteiger partial charge in [-0.15, -0.1) is 11.3 Å². The molecule has 0 unspecified atom stereocenters. The fraction of sp³-hybridized carbons (Fsp3) is 0.429. The lowest BCUT2D eigenvalue weighted by molar-refractivity contribution is 0.336. The van der Waals surface area contributed by atoms with Gasteiger partial charge < -0.3 is 10.6 Å². The average Bonchev–Trinajstić information content (AvgIpc) is 2.56. The molecule has 2 aromatic rings. The molecule has 1 aromatic carbocycles. The number of hydrogen-bond donors (Lipinski definition) is 1. The smallest absolute Gasteiger partial charge is 0.0445 e. The monoisotopic (exact) mass is 280 g/mol. The molecule has 0 radical (unpaired) electrons. The molecule has 0 fully saturated rings. The Hall–Kier alpha value is -0.610. The molecule has 0 saturated heterocycles. The summed E-state index contributed by atoms with van der Waals surface area (Å²) < 4.78 is 1.36. The maximum atomic E-state index is 6.38. The van der Waals surface area contributed by atoms with Crippen molar-refractivity contribution in [1.29, 1.82) is 0 Å². The molecule has 1 aliphatic rings. The SMILES string of the molecule is CN1CCc2c(Cl)ccc3sc(CCN)c(c23)C1. The van der Waals surface area contributed by atoms with Crippen molar-refractivity contribution in [1.82, 2.24) is 4.90 Å². The second kappa shape index (κ2) is 4.82. The van der Waals surface area contributed by atoms with Crippen LogP contribution in [0.2, 0.25) is 5.02 Å². The molecule has 2 heterocycles. The van der Waals surface area contributed by atoms with Gasteiger partial charge in [0.15, 0.2) is 0 Å². The van der Waals surface area contributed by atoms with E-state index in [9.17, 15) is 0 Å². The second-order valence-electron chi connectivity index (χ2n) is 4.93. The van der Waals surface area contributed by atoms with Crippen LogP contribution in [0.4, 0.5) is 0 Å². The van der Waals surface area contributed by atoms with Crippen LogP contribution in [0.3, 0.4) is 0 Å². The van der Waals surface area contributed by atoms with Crippen molar-refractivity contribution in [3.8, 4) is 0 Å². The highest BCUT2D eigenvalue weighted by Gasteiger charge is 2.21. The van der Waals surface area contributed by atoms with E-state index in [1.807, 2.05) is 17.4 Å². The van der Waals surface area contributed by atoms with Gasteiger partial charge in [0.1, 0.15) is 0 Å². The molecule has 0 bridgehead atoms. The van der Waals surface area contributed by atoms with Crippen LogP contribution in [-0.4, -0.2) is 25.0 Å². The third-order valence-electron chi connectivity index (χ3n) is 3.63. The molecule has 1 aromatic heterocycles. The number of likely N-dealkylation sites (N-methyl/N-ethyl adjacent to an activating group) is 1. The molecule has 3 rings (SSSR count). The zero-order chi connectivity index (χ0) is 12.7. The third-order valence-corrected chi connectivity index (χ3v) is 5.24. The molecule has 0 aliphatic carbocycles. The number of benzene rings is 1. The van der Waals surface area contributed by atoms with Crippen LogP contribution in [0.25, 0.3) is 10.1 Å². The Labute approximate surface area is 116 Å². The second-order valence-corrected chi connectivity index (χ2v) is 6.47. The lowest BCUT2D eigenvalue weighted by atomic mass is 10.0. The minimum atomic E-state index is 0.715. The van der Waals surface area contributed by atoms with E-state index >= 15 is 0 Å². The topological polar surface area (TPSA) is 29.3 Å². The van der Waals surface area contributed by atoms with Crippen LogP contribution < -0.4 is 5.73 Å². The first kappa shape index (κ1) is 12.4. The van der Waals surface area contributed by atoms with Crippen LogP contribution in [0, 0.1) is 0 Å². The summed E-state index contributed by atoms with van der Waals surface area (Å²) in [5.74, 6) is 0. The van der Waals surface area contributed by atoms with Crippen LogP contribution in [0.1, 0.15) is 16.0 Å². The molecule has 0 amide bonds. The van der Waals surface area contributed by atoms with E-state index in [0.29, 0.717) is 6.54 Å². The summed E-state index contributed by atoms with van der Waals surface area (Å²) in [6.45, 7) is 2.80. The van der Waals surface area contributed by atoms with Crippen LogP contribution in [-0.2, 0) is 19.4 Å². The molecule has 2 nitrogen and oxygen atoms in total. The fourth-order valence-electron chi connectivity index (χ4n) is 2.75. The van der Waals surface area contributed by atoms with Crippen LogP contribution >= 0.6 is 22.9 Å². The Kier molecular flexibility index (Phi) is 3.32. The van der Waals surface area contributed by atoms with Gasteiger partial charge in [-0.1, -0.05) is 11.6 Å². The Morgan fingerprint density at radius 3 is 3.00 bits per heavy atom. The standard InChI is InChI=1S/C14H17ClN2S/c1-17-7-5-9-11(15)2-3-13-14(9)10(8-17)12(18-13)4-6-16/h2-3H,4-8,16H2,1H3. The summed E-state index contributed by atoms with van der Waals surface area (Å²) in [6.07, 6.45) is 2.01. The van der Waals surface area contributed by atoms with Crippen molar-refractivity contribution in [3.05, 3.63) is 33.2 Å². The van der Waals surface area contributed by atoms with Gasteiger partial charge in [-0.2, -0.15) is 0 Å². The van der Waals surface area contributed by atoms with Gasteiger partial charge in [0.2, 0.25) is 0 Å². The zero-order valence-electron chi connectivity index (χ0n) is 10.5. The van der Waals surface area contributed by atoms with E-state index < -0.39 is 0 Å². The Balaban J connectivity index is 2.28. The molecule has 0 atom stereocenters. The summed E-state index contributed by atoms with van der Waals surface area (Å²) in [6, 6.07) is 4.19. The normalized spacial score (nSPS) is 16.2. The third kappa shape index (κ3) is 1.95. The molecule has 18 heavy (non-hydrogen) atoms. The Bertz CT molecular complexity index is 591. The highest BCUT2D eigenvalue weighted by atomic mass is 35.5. The summed E-state index contributed by atoms with van der Waals surface area (Å²) >= 11 is 8.26. The Morgan fingerprint density at radius 2 is 2.22 bits per heavy atom. The largest absolute Gasteiger partial charge is 0.330 e. The lowest BCUT2D eigenvalue weighted by Gasteiger charge is -2.13. The van der Waals surface area contributed by atoms with E-state index in [1.54, 1.807) is 0 Å². The number of nitrogens with zero attached hydrogens (tertiary/aromatic N) is 1. The molecule has 0 spiro atoms. The average molecular weight is 281 g/mol. The minimum Gasteiger partial charge on any atom is -0.330 e. The Morgan fingerprint density at radius 1 is 1.39 bits per heavy atom. The van der Waals surface area contributed by atoms with Gasteiger partial charge in [0.05, 0.1) is 0 Å². The van der Waals surface area contributed by atoms with Gasteiger partial charge in [0, 0.05) is 33.1 Å². The molecule has 96 valence electrons. The van der Waals surface area contributed by atoms with Crippen molar-refractivity contribution < 1.29 is 0 Å². The predicted octanol–water partition coefficient (Wildman–Crippen LogP) is 3.04. The highest BCUT2D eigenvalue weighted by Crippen LogP contribution is 2.39. The van der Waals surface area contributed by atoms with E-state index in [-0.39, 0.29) is 0 Å². The van der Waals surface area contributed by atoms with Crippen molar-refractivity contribution in [3.63, 3.8) is 0 Å². The summed E-state index contributed by atoms with van der Waals surface area (Å²) in [5.41, 5.74) is 8.52. The highest BCUT2D eigenvalue weighted by molar-refractivity contribution is 7.19. The molecular weight excluding hydrogens is 264 g/mol. The fourth-order valence-corrected chi connectivity index (χ4v) is 4.26. The van der Waals surface area contributed by atoms with Gasteiger partial charge in [0.25, 0.3) is 0 Å². The van der Waals surface area contributed by atoms with E-state index in [4.69, 9.17) is 17.3 Å². The maximum Gasteiger partial charge on any atom is 0.0445 e. The first-order valence-corrected chi connectivity index (χ1v) is 7.50. The number of hydrogen-bond acceptors (Lipinski definition) is 3. The van der Waals surface area contributed by atoms with Gasteiger partial charge >= 0.3 is 0 Å². The van der Waals surface area contributed by atoms with Gasteiger partial charge in [-0.3, -0.25) is 0 Å². The van der Waals surface area contributed by atoms with E-state index in [0.717, 1.165) is 31.0 Å². The number of halogens is 1. The molecule has 1 aliphatic heterocycles. The predicted molar refractivity (Wildman–Crippen MR) is 79.6 cm³/mol.